The summed E-state index contributed by atoms with van der Waals surface area (Å²) in [7, 11) is -2.50. The molecular formula is C18H25FN2O4S. The van der Waals surface area contributed by atoms with Crippen molar-refractivity contribution in [2.45, 2.75) is 37.0 Å². The van der Waals surface area contributed by atoms with E-state index in [-0.39, 0.29) is 35.6 Å². The molecule has 0 spiro atoms. The van der Waals surface area contributed by atoms with E-state index in [1.165, 1.54) is 23.5 Å². The lowest BCUT2D eigenvalue weighted by Crippen LogP contribution is -2.45. The Labute approximate surface area is 154 Å². The summed E-state index contributed by atoms with van der Waals surface area (Å²) < 4.78 is 45.7. The Morgan fingerprint density at radius 2 is 1.77 bits per heavy atom. The Morgan fingerprint density at radius 3 is 2.38 bits per heavy atom. The van der Waals surface area contributed by atoms with Crippen LogP contribution in [-0.2, 0) is 14.8 Å². The van der Waals surface area contributed by atoms with Crippen molar-refractivity contribution in [2.75, 3.05) is 33.3 Å². The van der Waals surface area contributed by atoms with E-state index in [2.05, 4.69) is 0 Å². The second-order valence-corrected chi connectivity index (χ2v) is 8.77. The summed E-state index contributed by atoms with van der Waals surface area (Å²) in [5.41, 5.74) is 0. The zero-order valence-electron chi connectivity index (χ0n) is 15.0. The molecule has 0 aliphatic carbocycles. The lowest BCUT2D eigenvalue weighted by atomic mass is 9.95. The van der Waals surface area contributed by atoms with Gasteiger partial charge in [0, 0.05) is 32.1 Å². The molecule has 0 N–H and O–H groups in total. The zero-order chi connectivity index (χ0) is 18.7. The number of sulfonamides is 1. The maximum atomic E-state index is 13.6. The van der Waals surface area contributed by atoms with Crippen LogP contribution in [0.2, 0.25) is 0 Å². The third-order valence-electron chi connectivity index (χ3n) is 5.21. The normalized spacial score (nSPS) is 20.2. The van der Waals surface area contributed by atoms with E-state index in [9.17, 15) is 17.6 Å². The predicted molar refractivity (Wildman–Crippen MR) is 94.9 cm³/mol. The summed E-state index contributed by atoms with van der Waals surface area (Å²) in [6, 6.07) is 3.47. The van der Waals surface area contributed by atoms with Gasteiger partial charge in [0.2, 0.25) is 15.9 Å². The molecule has 0 radical (unpaired) electrons. The molecule has 6 nitrogen and oxygen atoms in total. The monoisotopic (exact) mass is 384 g/mol. The van der Waals surface area contributed by atoms with Crippen LogP contribution >= 0.6 is 0 Å². The molecule has 0 atom stereocenters. The smallest absolute Gasteiger partial charge is 0.246 e. The minimum atomic E-state index is -3.86. The van der Waals surface area contributed by atoms with Crippen molar-refractivity contribution in [1.29, 1.82) is 0 Å². The number of carbonyl (C=O) groups is 1. The quantitative estimate of drug-likeness (QED) is 0.799. The molecule has 2 aliphatic rings. The molecule has 2 aliphatic heterocycles. The van der Waals surface area contributed by atoms with E-state index in [0.717, 1.165) is 38.4 Å². The molecule has 0 aromatic heterocycles. The highest BCUT2D eigenvalue weighted by atomic mass is 32.2. The number of carbonyl (C=O) groups excluding carboxylic acids is 1. The molecule has 8 heteroatoms. The van der Waals surface area contributed by atoms with Crippen LogP contribution in [0.3, 0.4) is 0 Å². The van der Waals surface area contributed by atoms with Gasteiger partial charge in [-0.2, -0.15) is 4.31 Å². The third kappa shape index (κ3) is 3.86. The van der Waals surface area contributed by atoms with E-state index in [0.29, 0.717) is 12.8 Å². The number of nitrogens with zero attached hydrogens (tertiary/aromatic N) is 2. The van der Waals surface area contributed by atoms with Crippen molar-refractivity contribution in [2.24, 2.45) is 5.92 Å². The van der Waals surface area contributed by atoms with Crippen molar-refractivity contribution in [3.05, 3.63) is 24.0 Å². The van der Waals surface area contributed by atoms with Gasteiger partial charge < -0.3 is 9.64 Å². The van der Waals surface area contributed by atoms with Crippen LogP contribution in [-0.4, -0.2) is 56.8 Å². The Bertz CT molecular complexity index is 754. The molecule has 0 saturated carbocycles. The number of rotatable bonds is 4. The minimum Gasteiger partial charge on any atom is -0.495 e. The van der Waals surface area contributed by atoms with Gasteiger partial charge in [0.05, 0.1) is 7.11 Å². The van der Waals surface area contributed by atoms with Crippen LogP contribution < -0.4 is 4.74 Å². The van der Waals surface area contributed by atoms with Crippen molar-refractivity contribution >= 4 is 15.9 Å². The maximum absolute atomic E-state index is 13.6. The Hall–Kier alpha value is -1.67. The van der Waals surface area contributed by atoms with Gasteiger partial charge in [-0.15, -0.1) is 0 Å². The highest BCUT2D eigenvalue weighted by Gasteiger charge is 2.35. The standard InChI is InChI=1S/C18H25FN2O4S/c1-25-16-6-5-15(19)13-17(16)26(23,24)21-11-7-14(8-12-21)18(22)20-9-3-2-4-10-20/h5-6,13-14H,2-4,7-12H2,1H3. The molecule has 2 saturated heterocycles. The van der Waals surface area contributed by atoms with E-state index < -0.39 is 15.8 Å². The highest BCUT2D eigenvalue weighted by molar-refractivity contribution is 7.89. The number of piperidine rings is 2. The molecule has 0 bridgehead atoms. The fourth-order valence-electron chi connectivity index (χ4n) is 3.71. The number of benzene rings is 1. The number of halogens is 1. The first-order valence-electron chi connectivity index (χ1n) is 9.06. The SMILES string of the molecule is COc1ccc(F)cc1S(=O)(=O)N1CCC(C(=O)N2CCCCC2)CC1. The molecule has 2 fully saturated rings. The summed E-state index contributed by atoms with van der Waals surface area (Å²) in [4.78, 5) is 14.4. The van der Waals surface area contributed by atoms with E-state index in [4.69, 9.17) is 4.74 Å². The van der Waals surface area contributed by atoms with Crippen molar-refractivity contribution < 1.29 is 22.3 Å². The number of likely N-dealkylation sites (tertiary alicyclic amines) is 1. The molecule has 3 rings (SSSR count). The van der Waals surface area contributed by atoms with Crippen LogP contribution in [0.25, 0.3) is 0 Å². The van der Waals surface area contributed by atoms with Gasteiger partial charge >= 0.3 is 0 Å². The summed E-state index contributed by atoms with van der Waals surface area (Å²) in [5, 5.41) is 0. The number of amides is 1. The highest BCUT2D eigenvalue weighted by Crippen LogP contribution is 2.31. The molecule has 1 amide bonds. The fourth-order valence-corrected chi connectivity index (χ4v) is 5.34. The largest absolute Gasteiger partial charge is 0.495 e. The van der Waals surface area contributed by atoms with Gasteiger partial charge in [-0.05, 0) is 50.3 Å². The predicted octanol–water partition coefficient (Wildman–Crippen LogP) is 2.25. The minimum absolute atomic E-state index is 0.123. The van der Waals surface area contributed by atoms with E-state index in [1.807, 2.05) is 4.90 Å². The first kappa shape index (κ1) is 19.1. The molecular weight excluding hydrogens is 359 g/mol. The lowest BCUT2D eigenvalue weighted by Gasteiger charge is -2.35. The van der Waals surface area contributed by atoms with Crippen LogP contribution in [0, 0.1) is 11.7 Å². The van der Waals surface area contributed by atoms with Crippen molar-refractivity contribution in [3.8, 4) is 5.75 Å². The number of methoxy groups -OCH3 is 1. The second-order valence-electron chi connectivity index (χ2n) is 6.86. The summed E-state index contributed by atoms with van der Waals surface area (Å²) >= 11 is 0. The van der Waals surface area contributed by atoms with E-state index in [1.54, 1.807) is 0 Å². The molecule has 2 heterocycles. The molecule has 144 valence electrons. The molecule has 1 aromatic rings. The second kappa shape index (κ2) is 7.92. The van der Waals surface area contributed by atoms with Crippen molar-refractivity contribution in [3.63, 3.8) is 0 Å². The maximum Gasteiger partial charge on any atom is 0.246 e. The van der Waals surface area contributed by atoms with E-state index >= 15 is 0 Å². The summed E-state index contributed by atoms with van der Waals surface area (Å²) in [6.45, 7) is 2.12. The Morgan fingerprint density at radius 1 is 1.12 bits per heavy atom. The Balaban J connectivity index is 1.69. The third-order valence-corrected chi connectivity index (χ3v) is 7.13. The average molecular weight is 384 g/mol. The number of hydrogen-bond donors (Lipinski definition) is 0. The first-order chi connectivity index (χ1) is 12.4. The van der Waals surface area contributed by atoms with Crippen LogP contribution in [0.1, 0.15) is 32.1 Å². The molecule has 0 unspecified atom stereocenters. The number of hydrogen-bond acceptors (Lipinski definition) is 4. The molecule has 1 aromatic carbocycles. The van der Waals surface area contributed by atoms with Gasteiger partial charge in [-0.25, -0.2) is 12.8 Å². The summed E-state index contributed by atoms with van der Waals surface area (Å²) in [5.74, 6) is -0.489. The fraction of sp³-hybridized carbons (Fsp3) is 0.611. The van der Waals surface area contributed by atoms with Crippen LogP contribution in [0.5, 0.6) is 5.75 Å². The van der Waals surface area contributed by atoms with Crippen molar-refractivity contribution in [1.82, 2.24) is 9.21 Å². The topological polar surface area (TPSA) is 66.9 Å². The lowest BCUT2D eigenvalue weighted by molar-refractivity contribution is -0.137. The zero-order valence-corrected chi connectivity index (χ0v) is 15.8. The van der Waals surface area contributed by atoms with Gasteiger partial charge in [0.1, 0.15) is 16.5 Å². The molecule has 26 heavy (non-hydrogen) atoms. The summed E-state index contributed by atoms with van der Waals surface area (Å²) in [6.07, 6.45) is 4.23. The average Bonchev–Trinajstić information content (AvgIpc) is 2.68. The Kier molecular flexibility index (Phi) is 5.82. The van der Waals surface area contributed by atoms with Crippen LogP contribution in [0.15, 0.2) is 23.1 Å². The van der Waals surface area contributed by atoms with Gasteiger partial charge in [-0.1, -0.05) is 0 Å². The van der Waals surface area contributed by atoms with Gasteiger partial charge in [-0.3, -0.25) is 4.79 Å². The first-order valence-corrected chi connectivity index (χ1v) is 10.5. The van der Waals surface area contributed by atoms with Gasteiger partial charge in [0.15, 0.2) is 0 Å². The van der Waals surface area contributed by atoms with Crippen LogP contribution in [0.4, 0.5) is 4.39 Å². The number of ether oxygens (including phenoxy) is 1. The van der Waals surface area contributed by atoms with Gasteiger partial charge in [0.25, 0.3) is 0 Å².